The molecular formula is C23H22N2O2S. The Morgan fingerprint density at radius 3 is 2.64 bits per heavy atom. The Kier molecular flexibility index (Phi) is 5.01. The Bertz CT molecular complexity index is 1030. The van der Waals surface area contributed by atoms with Gasteiger partial charge in [-0.1, -0.05) is 24.3 Å². The van der Waals surface area contributed by atoms with Crippen LogP contribution in [0.3, 0.4) is 0 Å². The van der Waals surface area contributed by atoms with E-state index in [2.05, 4.69) is 23.7 Å². The van der Waals surface area contributed by atoms with Gasteiger partial charge in [0.2, 0.25) is 0 Å². The molecule has 1 N–H and O–H groups in total. The molecule has 1 aromatic heterocycles. The lowest BCUT2D eigenvalue weighted by molar-refractivity contribution is 0.0679. The van der Waals surface area contributed by atoms with Crippen molar-refractivity contribution in [1.82, 2.24) is 4.90 Å². The minimum Gasteiger partial charge on any atom is -0.331 e. The summed E-state index contributed by atoms with van der Waals surface area (Å²) >= 11 is 1.76. The van der Waals surface area contributed by atoms with E-state index in [1.807, 2.05) is 42.2 Å². The molecule has 3 aromatic rings. The molecule has 1 aliphatic heterocycles. The maximum atomic E-state index is 13.2. The first-order chi connectivity index (χ1) is 13.5. The third kappa shape index (κ3) is 3.45. The predicted octanol–water partition coefficient (Wildman–Crippen LogP) is 5.07. The SMILES string of the molecule is Cc1ccc(C(=O)N2CCc3sccc3C2C)cc1NC(=O)c1ccccc1. The third-order valence-electron chi connectivity index (χ3n) is 5.31. The lowest BCUT2D eigenvalue weighted by Gasteiger charge is -2.33. The number of aryl methyl sites for hydroxylation is 1. The number of nitrogens with one attached hydrogen (secondary N) is 1. The molecule has 0 radical (unpaired) electrons. The summed E-state index contributed by atoms with van der Waals surface area (Å²) in [5, 5.41) is 5.03. The molecule has 28 heavy (non-hydrogen) atoms. The second kappa shape index (κ2) is 7.60. The van der Waals surface area contributed by atoms with E-state index < -0.39 is 0 Å². The van der Waals surface area contributed by atoms with E-state index in [0.29, 0.717) is 23.4 Å². The van der Waals surface area contributed by atoms with Gasteiger partial charge < -0.3 is 10.2 Å². The molecule has 2 aromatic carbocycles. The predicted molar refractivity (Wildman–Crippen MR) is 113 cm³/mol. The minimum absolute atomic E-state index is 0.000407. The molecule has 0 bridgehead atoms. The maximum absolute atomic E-state index is 13.2. The minimum atomic E-state index is -0.178. The summed E-state index contributed by atoms with van der Waals surface area (Å²) in [6, 6.07) is 16.8. The third-order valence-corrected chi connectivity index (χ3v) is 6.30. The van der Waals surface area contributed by atoms with Gasteiger partial charge in [-0.05, 0) is 67.1 Å². The normalized spacial score (nSPS) is 15.8. The fraction of sp³-hybridized carbons (Fsp3) is 0.217. The van der Waals surface area contributed by atoms with Crippen LogP contribution in [0.2, 0.25) is 0 Å². The summed E-state index contributed by atoms with van der Waals surface area (Å²) in [6.07, 6.45) is 0.895. The van der Waals surface area contributed by atoms with E-state index in [-0.39, 0.29) is 17.9 Å². The fourth-order valence-electron chi connectivity index (χ4n) is 3.63. The number of rotatable bonds is 3. The molecule has 5 heteroatoms. The van der Waals surface area contributed by atoms with Crippen LogP contribution >= 0.6 is 11.3 Å². The zero-order valence-electron chi connectivity index (χ0n) is 15.9. The number of hydrogen-bond acceptors (Lipinski definition) is 3. The van der Waals surface area contributed by atoms with Crippen LogP contribution in [0, 0.1) is 6.92 Å². The topological polar surface area (TPSA) is 49.4 Å². The molecule has 0 aliphatic carbocycles. The highest BCUT2D eigenvalue weighted by Gasteiger charge is 2.29. The molecule has 2 amide bonds. The summed E-state index contributed by atoms with van der Waals surface area (Å²) in [5.41, 5.74) is 4.02. The van der Waals surface area contributed by atoms with Gasteiger partial charge in [0.05, 0.1) is 6.04 Å². The second-order valence-electron chi connectivity index (χ2n) is 7.07. The Hall–Kier alpha value is -2.92. The number of nitrogens with zero attached hydrogens (tertiary/aromatic N) is 1. The summed E-state index contributed by atoms with van der Waals surface area (Å²) in [6.45, 7) is 4.72. The van der Waals surface area contributed by atoms with Gasteiger partial charge >= 0.3 is 0 Å². The lowest BCUT2D eigenvalue weighted by atomic mass is 9.99. The monoisotopic (exact) mass is 390 g/mol. The molecule has 4 nitrogen and oxygen atoms in total. The molecule has 0 spiro atoms. The quantitative estimate of drug-likeness (QED) is 0.679. The van der Waals surface area contributed by atoms with E-state index in [9.17, 15) is 9.59 Å². The first kappa shape index (κ1) is 18.4. The van der Waals surface area contributed by atoms with Gasteiger partial charge in [0.15, 0.2) is 0 Å². The molecule has 4 rings (SSSR count). The van der Waals surface area contributed by atoms with Crippen molar-refractivity contribution in [1.29, 1.82) is 0 Å². The summed E-state index contributed by atoms with van der Waals surface area (Å²) in [4.78, 5) is 29.0. The van der Waals surface area contributed by atoms with Gasteiger partial charge in [-0.3, -0.25) is 9.59 Å². The number of fused-ring (bicyclic) bond motifs is 1. The van der Waals surface area contributed by atoms with Crippen LogP contribution in [0.1, 0.15) is 49.7 Å². The Labute approximate surface area is 168 Å². The highest BCUT2D eigenvalue weighted by molar-refractivity contribution is 7.10. The van der Waals surface area contributed by atoms with Gasteiger partial charge in [-0.25, -0.2) is 0 Å². The van der Waals surface area contributed by atoms with Crippen LogP contribution in [-0.2, 0) is 6.42 Å². The second-order valence-corrected chi connectivity index (χ2v) is 8.07. The van der Waals surface area contributed by atoms with Crippen LogP contribution < -0.4 is 5.32 Å². The molecule has 1 unspecified atom stereocenters. The number of anilines is 1. The number of carbonyl (C=O) groups is 2. The van der Waals surface area contributed by atoms with Crippen LogP contribution in [0.25, 0.3) is 0 Å². The Morgan fingerprint density at radius 1 is 1.07 bits per heavy atom. The van der Waals surface area contributed by atoms with Crippen LogP contribution in [0.4, 0.5) is 5.69 Å². The molecule has 0 saturated carbocycles. The van der Waals surface area contributed by atoms with Gasteiger partial charge in [0.1, 0.15) is 0 Å². The van der Waals surface area contributed by atoms with Crippen LogP contribution in [-0.4, -0.2) is 23.3 Å². The molecule has 1 aliphatic rings. The van der Waals surface area contributed by atoms with Crippen molar-refractivity contribution >= 4 is 28.8 Å². The smallest absolute Gasteiger partial charge is 0.255 e. The average molecular weight is 391 g/mol. The summed E-state index contributed by atoms with van der Waals surface area (Å²) in [7, 11) is 0. The van der Waals surface area contributed by atoms with Gasteiger partial charge in [-0.2, -0.15) is 0 Å². The van der Waals surface area contributed by atoms with Crippen molar-refractivity contribution in [3.63, 3.8) is 0 Å². The number of amides is 2. The molecular weight excluding hydrogens is 368 g/mol. The molecule has 2 heterocycles. The summed E-state index contributed by atoms with van der Waals surface area (Å²) in [5.74, 6) is -0.179. The largest absolute Gasteiger partial charge is 0.331 e. The highest BCUT2D eigenvalue weighted by atomic mass is 32.1. The van der Waals surface area contributed by atoms with Crippen LogP contribution in [0.15, 0.2) is 60.0 Å². The Morgan fingerprint density at radius 2 is 1.86 bits per heavy atom. The fourth-order valence-corrected chi connectivity index (χ4v) is 4.59. The highest BCUT2D eigenvalue weighted by Crippen LogP contribution is 2.34. The molecule has 0 fully saturated rings. The molecule has 142 valence electrons. The van der Waals surface area contributed by atoms with E-state index >= 15 is 0 Å². The molecule has 1 atom stereocenters. The lowest BCUT2D eigenvalue weighted by Crippen LogP contribution is -2.38. The number of thiophene rings is 1. The summed E-state index contributed by atoms with van der Waals surface area (Å²) < 4.78 is 0. The zero-order valence-corrected chi connectivity index (χ0v) is 16.8. The van der Waals surface area contributed by atoms with Crippen molar-refractivity contribution in [2.75, 3.05) is 11.9 Å². The average Bonchev–Trinajstić information content (AvgIpc) is 3.20. The zero-order chi connectivity index (χ0) is 19.7. The maximum Gasteiger partial charge on any atom is 0.255 e. The van der Waals surface area contributed by atoms with Crippen molar-refractivity contribution in [2.45, 2.75) is 26.3 Å². The first-order valence-electron chi connectivity index (χ1n) is 9.39. The van der Waals surface area contributed by atoms with Crippen molar-refractivity contribution in [2.24, 2.45) is 0 Å². The van der Waals surface area contributed by atoms with Gasteiger partial charge in [-0.15, -0.1) is 11.3 Å². The number of hydrogen-bond donors (Lipinski definition) is 1. The van der Waals surface area contributed by atoms with E-state index in [1.165, 1.54) is 10.4 Å². The van der Waals surface area contributed by atoms with Crippen LogP contribution in [0.5, 0.6) is 0 Å². The first-order valence-corrected chi connectivity index (χ1v) is 10.3. The van der Waals surface area contributed by atoms with Gasteiger partial charge in [0, 0.05) is 28.2 Å². The van der Waals surface area contributed by atoms with E-state index in [1.54, 1.807) is 29.5 Å². The van der Waals surface area contributed by atoms with E-state index in [0.717, 1.165) is 12.0 Å². The van der Waals surface area contributed by atoms with Crippen molar-refractivity contribution in [3.8, 4) is 0 Å². The van der Waals surface area contributed by atoms with E-state index in [4.69, 9.17) is 0 Å². The number of benzene rings is 2. The molecule has 0 saturated heterocycles. The Balaban J connectivity index is 1.57. The van der Waals surface area contributed by atoms with Crippen molar-refractivity contribution < 1.29 is 9.59 Å². The standard InChI is InChI=1S/C23H22N2O2S/c1-15-8-9-18(14-20(15)24-22(26)17-6-4-3-5-7-17)23(27)25-12-10-21-19(16(25)2)11-13-28-21/h3-9,11,13-14,16H,10,12H2,1-2H3,(H,24,26). The van der Waals surface area contributed by atoms with Gasteiger partial charge in [0.25, 0.3) is 11.8 Å². The van der Waals surface area contributed by atoms with Crippen molar-refractivity contribution in [3.05, 3.63) is 87.1 Å². The number of carbonyl (C=O) groups excluding carboxylic acids is 2.